The lowest BCUT2D eigenvalue weighted by molar-refractivity contribution is 0.0583. The molecule has 126 valence electrons. The van der Waals surface area contributed by atoms with E-state index in [4.69, 9.17) is 0 Å². The summed E-state index contributed by atoms with van der Waals surface area (Å²) in [6, 6.07) is 11.7. The summed E-state index contributed by atoms with van der Waals surface area (Å²) < 4.78 is 36.8. The zero-order valence-electron chi connectivity index (χ0n) is 13.0. The summed E-state index contributed by atoms with van der Waals surface area (Å²) >= 11 is 0. The number of para-hydroxylation sites is 1. The Kier molecular flexibility index (Phi) is 5.20. The molecular formula is C16H15NO6S. The standard InChI is InChI=1S/C16H15NO6S/c1-22-15(18)11-8-9-13(16(19)23-2)14(10-11)24(20,21)17-12-6-4-3-5-7-12/h3-10,17H,1-2H3. The molecule has 2 rings (SSSR count). The molecule has 0 saturated carbocycles. The van der Waals surface area contributed by atoms with E-state index in [-0.39, 0.29) is 16.0 Å². The van der Waals surface area contributed by atoms with Crippen molar-refractivity contribution in [3.05, 3.63) is 59.7 Å². The number of anilines is 1. The largest absolute Gasteiger partial charge is 0.465 e. The van der Waals surface area contributed by atoms with Crippen LogP contribution in [-0.2, 0) is 19.5 Å². The van der Waals surface area contributed by atoms with E-state index in [1.165, 1.54) is 19.2 Å². The van der Waals surface area contributed by atoms with Crippen molar-refractivity contribution in [3.8, 4) is 0 Å². The molecule has 7 nitrogen and oxygen atoms in total. The van der Waals surface area contributed by atoms with Gasteiger partial charge >= 0.3 is 11.9 Å². The number of hydrogen-bond donors (Lipinski definition) is 1. The number of carbonyl (C=O) groups excluding carboxylic acids is 2. The van der Waals surface area contributed by atoms with Crippen LogP contribution >= 0.6 is 0 Å². The van der Waals surface area contributed by atoms with Gasteiger partial charge in [0.1, 0.15) is 4.90 Å². The van der Waals surface area contributed by atoms with E-state index in [1.807, 2.05) is 0 Å². The van der Waals surface area contributed by atoms with Crippen molar-refractivity contribution in [1.29, 1.82) is 0 Å². The Hall–Kier alpha value is -2.87. The van der Waals surface area contributed by atoms with Gasteiger partial charge in [-0.2, -0.15) is 0 Å². The van der Waals surface area contributed by atoms with Crippen molar-refractivity contribution in [3.63, 3.8) is 0 Å². The second-order valence-corrected chi connectivity index (χ2v) is 6.32. The number of esters is 2. The first-order chi connectivity index (χ1) is 11.4. The van der Waals surface area contributed by atoms with Crippen LogP contribution in [0, 0.1) is 0 Å². The highest BCUT2D eigenvalue weighted by atomic mass is 32.2. The van der Waals surface area contributed by atoms with Crippen molar-refractivity contribution < 1.29 is 27.5 Å². The molecule has 2 aromatic carbocycles. The number of hydrogen-bond acceptors (Lipinski definition) is 6. The molecule has 0 fully saturated rings. The van der Waals surface area contributed by atoms with Gasteiger partial charge in [0.25, 0.3) is 10.0 Å². The lowest BCUT2D eigenvalue weighted by Gasteiger charge is -2.12. The van der Waals surface area contributed by atoms with E-state index in [2.05, 4.69) is 14.2 Å². The van der Waals surface area contributed by atoms with Gasteiger partial charge < -0.3 is 9.47 Å². The van der Waals surface area contributed by atoms with Crippen molar-refractivity contribution in [2.24, 2.45) is 0 Å². The number of carbonyl (C=O) groups is 2. The van der Waals surface area contributed by atoms with E-state index >= 15 is 0 Å². The van der Waals surface area contributed by atoms with Crippen LogP contribution in [-0.4, -0.2) is 34.6 Å². The van der Waals surface area contributed by atoms with Crippen LogP contribution in [0.2, 0.25) is 0 Å². The van der Waals surface area contributed by atoms with Gasteiger partial charge in [-0.15, -0.1) is 0 Å². The third-order valence-electron chi connectivity index (χ3n) is 3.12. The van der Waals surface area contributed by atoms with Crippen LogP contribution in [0.25, 0.3) is 0 Å². The molecule has 0 heterocycles. The molecule has 0 aliphatic carbocycles. The Balaban J connectivity index is 2.55. The summed E-state index contributed by atoms with van der Waals surface area (Å²) in [5, 5.41) is 0. The molecule has 0 saturated heterocycles. The molecule has 0 radical (unpaired) electrons. The summed E-state index contributed by atoms with van der Waals surface area (Å²) in [6.07, 6.45) is 0. The van der Waals surface area contributed by atoms with E-state index in [0.29, 0.717) is 5.69 Å². The molecule has 8 heteroatoms. The Labute approximate surface area is 139 Å². The van der Waals surface area contributed by atoms with E-state index in [1.54, 1.807) is 30.3 Å². The maximum absolute atomic E-state index is 12.6. The monoisotopic (exact) mass is 349 g/mol. The zero-order valence-corrected chi connectivity index (χ0v) is 13.8. The second-order valence-electron chi connectivity index (χ2n) is 4.67. The number of methoxy groups -OCH3 is 2. The van der Waals surface area contributed by atoms with E-state index in [0.717, 1.165) is 13.2 Å². The fraction of sp³-hybridized carbons (Fsp3) is 0.125. The maximum atomic E-state index is 12.6. The minimum Gasteiger partial charge on any atom is -0.465 e. The molecule has 0 spiro atoms. The number of ether oxygens (including phenoxy) is 2. The minimum atomic E-state index is -4.12. The fourth-order valence-corrected chi connectivity index (χ4v) is 3.26. The van der Waals surface area contributed by atoms with Gasteiger partial charge in [0.2, 0.25) is 0 Å². The van der Waals surface area contributed by atoms with Crippen molar-refractivity contribution in [2.45, 2.75) is 4.90 Å². The van der Waals surface area contributed by atoms with Crippen molar-refractivity contribution in [2.75, 3.05) is 18.9 Å². The molecule has 0 aliphatic rings. The molecule has 0 atom stereocenters. The molecule has 24 heavy (non-hydrogen) atoms. The molecular weight excluding hydrogens is 334 g/mol. The number of nitrogens with one attached hydrogen (secondary N) is 1. The zero-order chi connectivity index (χ0) is 17.7. The third-order valence-corrected chi connectivity index (χ3v) is 4.54. The summed E-state index contributed by atoms with van der Waals surface area (Å²) in [5.74, 6) is -1.55. The fourth-order valence-electron chi connectivity index (χ4n) is 1.98. The highest BCUT2D eigenvalue weighted by Crippen LogP contribution is 2.22. The summed E-state index contributed by atoms with van der Waals surface area (Å²) in [7, 11) is -1.81. The van der Waals surface area contributed by atoms with Gasteiger partial charge in [-0.05, 0) is 30.3 Å². The van der Waals surface area contributed by atoms with E-state index in [9.17, 15) is 18.0 Å². The van der Waals surface area contributed by atoms with Crippen LogP contribution in [0.1, 0.15) is 20.7 Å². The van der Waals surface area contributed by atoms with Crippen LogP contribution in [0.4, 0.5) is 5.69 Å². The van der Waals surface area contributed by atoms with Gasteiger partial charge in [-0.1, -0.05) is 18.2 Å². The average molecular weight is 349 g/mol. The van der Waals surface area contributed by atoms with Gasteiger partial charge in [0, 0.05) is 5.69 Å². The highest BCUT2D eigenvalue weighted by Gasteiger charge is 2.25. The van der Waals surface area contributed by atoms with Gasteiger partial charge in [-0.3, -0.25) is 4.72 Å². The third kappa shape index (κ3) is 3.72. The molecule has 0 amide bonds. The quantitative estimate of drug-likeness (QED) is 0.830. The van der Waals surface area contributed by atoms with Gasteiger partial charge in [0.15, 0.2) is 0 Å². The maximum Gasteiger partial charge on any atom is 0.339 e. The predicted molar refractivity (Wildman–Crippen MR) is 86.4 cm³/mol. The lowest BCUT2D eigenvalue weighted by Crippen LogP contribution is -2.18. The normalized spacial score (nSPS) is 10.8. The summed E-state index contributed by atoms with van der Waals surface area (Å²) in [6.45, 7) is 0. The summed E-state index contributed by atoms with van der Waals surface area (Å²) in [4.78, 5) is 23.1. The molecule has 0 unspecified atom stereocenters. The Bertz CT molecular complexity index is 861. The first-order valence-electron chi connectivity index (χ1n) is 6.77. The van der Waals surface area contributed by atoms with Crippen LogP contribution in [0.15, 0.2) is 53.4 Å². The number of rotatable bonds is 5. The molecule has 0 aromatic heterocycles. The first-order valence-corrected chi connectivity index (χ1v) is 8.26. The Morgan fingerprint density at radius 1 is 0.917 bits per heavy atom. The van der Waals surface area contributed by atoms with Crippen molar-refractivity contribution in [1.82, 2.24) is 0 Å². The predicted octanol–water partition coefficient (Wildman–Crippen LogP) is 2.06. The highest BCUT2D eigenvalue weighted by molar-refractivity contribution is 7.92. The topological polar surface area (TPSA) is 98.8 Å². The second kappa shape index (κ2) is 7.14. The molecule has 2 aromatic rings. The van der Waals surface area contributed by atoms with Crippen LogP contribution in [0.5, 0.6) is 0 Å². The molecule has 0 bridgehead atoms. The van der Waals surface area contributed by atoms with Crippen molar-refractivity contribution >= 4 is 27.6 Å². The minimum absolute atomic E-state index is 0.00131. The average Bonchev–Trinajstić information content (AvgIpc) is 2.60. The lowest BCUT2D eigenvalue weighted by atomic mass is 10.1. The Morgan fingerprint density at radius 2 is 1.54 bits per heavy atom. The van der Waals surface area contributed by atoms with Crippen LogP contribution < -0.4 is 4.72 Å². The summed E-state index contributed by atoms with van der Waals surface area (Å²) in [5.41, 5.74) is 0.129. The Morgan fingerprint density at radius 3 is 2.12 bits per heavy atom. The van der Waals surface area contributed by atoms with Gasteiger partial charge in [0.05, 0.1) is 25.3 Å². The molecule has 0 aliphatic heterocycles. The number of benzene rings is 2. The van der Waals surface area contributed by atoms with Crippen LogP contribution in [0.3, 0.4) is 0 Å². The van der Waals surface area contributed by atoms with Gasteiger partial charge in [-0.25, -0.2) is 18.0 Å². The first kappa shape index (κ1) is 17.5. The number of sulfonamides is 1. The smallest absolute Gasteiger partial charge is 0.339 e. The molecule has 1 N–H and O–H groups in total. The SMILES string of the molecule is COC(=O)c1ccc(C(=O)OC)c(S(=O)(=O)Nc2ccccc2)c1. The van der Waals surface area contributed by atoms with E-state index < -0.39 is 22.0 Å².